The van der Waals surface area contributed by atoms with Gasteiger partial charge >= 0.3 is 6.01 Å². The number of nitriles is 1. The Bertz CT molecular complexity index is 1870. The van der Waals surface area contributed by atoms with Crippen LogP contribution < -0.4 is 9.64 Å². The lowest BCUT2D eigenvalue weighted by molar-refractivity contribution is -0.131. The number of benzene rings is 2. The van der Waals surface area contributed by atoms with Crippen molar-refractivity contribution in [2.24, 2.45) is 0 Å². The van der Waals surface area contributed by atoms with Gasteiger partial charge in [-0.15, -0.1) is 0 Å². The quantitative estimate of drug-likeness (QED) is 0.273. The molecule has 0 spiro atoms. The lowest BCUT2D eigenvalue weighted by atomic mass is 9.98. The zero-order chi connectivity index (χ0) is 31.8. The summed E-state index contributed by atoms with van der Waals surface area (Å²) >= 11 is 6.53. The van der Waals surface area contributed by atoms with E-state index in [0.29, 0.717) is 28.0 Å². The Morgan fingerprint density at radius 1 is 1.20 bits per heavy atom. The van der Waals surface area contributed by atoms with E-state index in [1.54, 1.807) is 29.2 Å². The van der Waals surface area contributed by atoms with Gasteiger partial charge < -0.3 is 24.5 Å². The van der Waals surface area contributed by atoms with E-state index in [0.717, 1.165) is 19.4 Å². The molecule has 2 aliphatic rings. The Balaban J connectivity index is 1.47. The third-order valence-electron chi connectivity index (χ3n) is 8.49. The van der Waals surface area contributed by atoms with Crippen LogP contribution in [0.5, 0.6) is 11.8 Å². The first-order chi connectivity index (χ1) is 21.7. The largest absolute Gasteiger partial charge is 0.508 e. The minimum Gasteiger partial charge on any atom is -0.508 e. The number of anilines is 1. The average molecular weight is 634 g/mol. The number of carbonyl (C=O) groups excluding carboxylic acids is 1. The number of halogens is 3. The van der Waals surface area contributed by atoms with Crippen LogP contribution in [0.25, 0.3) is 32.9 Å². The number of amides is 1. The number of likely N-dealkylation sites (tertiary alicyclic amines) is 1. The molecule has 2 fully saturated rings. The number of rotatable bonds is 7. The number of piperazine rings is 1. The van der Waals surface area contributed by atoms with Crippen molar-refractivity contribution in [2.75, 3.05) is 44.7 Å². The highest BCUT2D eigenvalue weighted by Gasteiger charge is 2.34. The van der Waals surface area contributed by atoms with Gasteiger partial charge in [0.05, 0.1) is 18.5 Å². The molecule has 0 radical (unpaired) electrons. The van der Waals surface area contributed by atoms with Crippen LogP contribution in [0, 0.1) is 17.1 Å². The van der Waals surface area contributed by atoms with Crippen molar-refractivity contribution in [1.82, 2.24) is 24.8 Å². The van der Waals surface area contributed by atoms with Crippen LogP contribution in [-0.2, 0) is 4.79 Å². The van der Waals surface area contributed by atoms with Gasteiger partial charge in [0, 0.05) is 47.8 Å². The van der Waals surface area contributed by atoms with E-state index in [1.165, 1.54) is 17.2 Å². The molecule has 2 unspecified atom stereocenters. The van der Waals surface area contributed by atoms with Crippen molar-refractivity contribution >= 4 is 45.1 Å². The number of carbonyl (C=O) groups is 1. The minimum absolute atomic E-state index is 0.0538. The van der Waals surface area contributed by atoms with E-state index in [1.807, 2.05) is 7.05 Å². The van der Waals surface area contributed by atoms with E-state index in [-0.39, 0.29) is 66.3 Å². The average Bonchev–Trinajstić information content (AvgIpc) is 3.43. The van der Waals surface area contributed by atoms with Gasteiger partial charge in [-0.05, 0) is 55.6 Å². The molecule has 4 heterocycles. The van der Waals surface area contributed by atoms with E-state index in [4.69, 9.17) is 16.3 Å². The fraction of sp³-hybridized carbons (Fsp3) is 0.344. The number of nitrogens with zero attached hydrogens (tertiary/aromatic N) is 7. The van der Waals surface area contributed by atoms with Crippen molar-refractivity contribution in [2.45, 2.75) is 31.3 Å². The monoisotopic (exact) mass is 633 g/mol. The van der Waals surface area contributed by atoms with E-state index < -0.39 is 23.6 Å². The Hall–Kier alpha value is -4.60. The summed E-state index contributed by atoms with van der Waals surface area (Å²) in [6, 6.07) is 9.64. The molecule has 0 saturated carbocycles. The fourth-order valence-electron chi connectivity index (χ4n) is 6.17. The molecule has 232 valence electrons. The van der Waals surface area contributed by atoms with Crippen LogP contribution >= 0.6 is 11.6 Å². The van der Waals surface area contributed by atoms with Gasteiger partial charge in [-0.25, -0.2) is 13.8 Å². The molecule has 1 N–H and O–H groups in total. The predicted octanol–water partition coefficient (Wildman–Crippen LogP) is 5.23. The van der Waals surface area contributed by atoms with Gasteiger partial charge in [-0.2, -0.15) is 15.2 Å². The summed E-state index contributed by atoms with van der Waals surface area (Å²) in [6.45, 7) is 4.74. The minimum atomic E-state index is -1.11. The first kappa shape index (κ1) is 30.4. The van der Waals surface area contributed by atoms with Crippen LogP contribution in [0.3, 0.4) is 0 Å². The maximum absolute atomic E-state index is 16.6. The normalized spacial score (nSPS) is 18.8. The van der Waals surface area contributed by atoms with Crippen LogP contribution in [0.4, 0.5) is 14.6 Å². The molecule has 6 rings (SSSR count). The molecule has 2 aromatic carbocycles. The highest BCUT2D eigenvalue weighted by atomic mass is 35.5. The van der Waals surface area contributed by atoms with Crippen LogP contribution in [0.2, 0.25) is 5.02 Å². The molecular formula is C32H30ClF2N7O3. The standard InChI is InChI=1S/C32H30ClF2N7O3/c1-18(34)31(44)42-12-11-41(16-20(42)8-9-36)30-29-28(38-32(39-30)45-17-21-6-4-10-40(21)2)27(35)24(15-37-29)23-14-22(43)13-19-5-3-7-25(33)26(19)23/h3,5,7,13-15,20-21,43H,1,4,6,8,10-12,16-17H2,2H3. The summed E-state index contributed by atoms with van der Waals surface area (Å²) in [6.07, 6.45) is 3.25. The number of phenolic OH excluding ortho intramolecular Hbond substituents is 1. The molecule has 1 amide bonds. The van der Waals surface area contributed by atoms with E-state index >= 15 is 4.39 Å². The highest BCUT2D eigenvalue weighted by Crippen LogP contribution is 2.40. The molecule has 2 atom stereocenters. The first-order valence-corrected chi connectivity index (χ1v) is 14.9. The van der Waals surface area contributed by atoms with E-state index in [2.05, 4.69) is 32.5 Å². The van der Waals surface area contributed by atoms with Gasteiger partial charge in [-0.3, -0.25) is 4.79 Å². The summed E-state index contributed by atoms with van der Waals surface area (Å²) in [5.41, 5.74) is 0.443. The molecule has 2 saturated heterocycles. The van der Waals surface area contributed by atoms with E-state index in [9.17, 15) is 19.6 Å². The summed E-state index contributed by atoms with van der Waals surface area (Å²) in [5.74, 6) is -2.51. The predicted molar refractivity (Wildman–Crippen MR) is 166 cm³/mol. The van der Waals surface area contributed by atoms with Gasteiger partial charge in [0.15, 0.2) is 17.5 Å². The number of phenols is 1. The number of likely N-dealkylation sites (N-methyl/N-ethyl adjacent to an activating group) is 1. The maximum Gasteiger partial charge on any atom is 0.319 e. The summed E-state index contributed by atoms with van der Waals surface area (Å²) < 4.78 is 36.5. The fourth-order valence-corrected chi connectivity index (χ4v) is 6.45. The number of hydrogen-bond acceptors (Lipinski definition) is 9. The summed E-state index contributed by atoms with van der Waals surface area (Å²) in [4.78, 5) is 31.4. The molecule has 2 aromatic heterocycles. The number of aromatic nitrogens is 3. The number of ether oxygens (including phenoxy) is 1. The molecule has 0 aliphatic carbocycles. The Kier molecular flexibility index (Phi) is 8.40. The Labute approximate surface area is 263 Å². The van der Waals surface area contributed by atoms with Crippen molar-refractivity contribution < 1.29 is 23.4 Å². The van der Waals surface area contributed by atoms with Gasteiger partial charge in [0.1, 0.15) is 23.4 Å². The Morgan fingerprint density at radius 3 is 2.76 bits per heavy atom. The van der Waals surface area contributed by atoms with Crippen molar-refractivity contribution in [1.29, 1.82) is 5.26 Å². The number of aromatic hydroxyl groups is 1. The lowest BCUT2D eigenvalue weighted by Gasteiger charge is -2.41. The zero-order valence-electron chi connectivity index (χ0n) is 24.5. The van der Waals surface area contributed by atoms with Crippen molar-refractivity contribution in [3.8, 4) is 29.0 Å². The molecule has 2 aliphatic heterocycles. The molecule has 0 bridgehead atoms. The number of pyridine rings is 1. The van der Waals surface area contributed by atoms with Crippen LogP contribution in [0.15, 0.2) is 48.9 Å². The zero-order valence-corrected chi connectivity index (χ0v) is 25.3. The summed E-state index contributed by atoms with van der Waals surface area (Å²) in [5, 5.41) is 21.5. The molecule has 4 aromatic rings. The number of hydrogen-bond donors (Lipinski definition) is 1. The van der Waals surface area contributed by atoms with Crippen LogP contribution in [-0.4, -0.2) is 87.7 Å². The maximum atomic E-state index is 16.6. The second-order valence-corrected chi connectivity index (χ2v) is 11.7. The lowest BCUT2D eigenvalue weighted by Crippen LogP contribution is -2.55. The molecule has 13 heteroatoms. The van der Waals surface area contributed by atoms with Crippen molar-refractivity contribution in [3.63, 3.8) is 0 Å². The molecular weight excluding hydrogens is 604 g/mol. The third-order valence-corrected chi connectivity index (χ3v) is 8.81. The van der Waals surface area contributed by atoms with Crippen molar-refractivity contribution in [3.05, 3.63) is 59.8 Å². The van der Waals surface area contributed by atoms with Gasteiger partial charge in [0.2, 0.25) is 0 Å². The topological polar surface area (TPSA) is 119 Å². The SMILES string of the molecule is C=C(F)C(=O)N1CCN(c2nc(OCC3CCCN3C)nc3c(F)c(-c4cc(O)cc5cccc(Cl)c45)cnc23)CC1CC#N. The smallest absolute Gasteiger partial charge is 0.319 e. The summed E-state index contributed by atoms with van der Waals surface area (Å²) in [7, 11) is 2.01. The highest BCUT2D eigenvalue weighted by molar-refractivity contribution is 6.36. The van der Waals surface area contributed by atoms with Gasteiger partial charge in [-0.1, -0.05) is 30.3 Å². The third kappa shape index (κ3) is 5.81. The second-order valence-electron chi connectivity index (χ2n) is 11.3. The van der Waals surface area contributed by atoms with Crippen LogP contribution in [0.1, 0.15) is 19.3 Å². The molecule has 10 nitrogen and oxygen atoms in total. The molecule has 45 heavy (non-hydrogen) atoms. The Morgan fingerprint density at radius 2 is 2.02 bits per heavy atom. The first-order valence-electron chi connectivity index (χ1n) is 14.5. The van der Waals surface area contributed by atoms with Gasteiger partial charge in [0.25, 0.3) is 5.91 Å². The number of fused-ring (bicyclic) bond motifs is 2. The second kappa shape index (κ2) is 12.4.